The zero-order valence-corrected chi connectivity index (χ0v) is 12.4. The number of para-hydroxylation sites is 1. The minimum atomic E-state index is -0.153. The number of ether oxygens (including phenoxy) is 1. The first-order valence-electron chi connectivity index (χ1n) is 6.47. The molecule has 5 heteroatoms. The Morgan fingerprint density at radius 3 is 2.95 bits per heavy atom. The smallest absolute Gasteiger partial charge is 0.248 e. The molecule has 0 unspecified atom stereocenters. The summed E-state index contributed by atoms with van der Waals surface area (Å²) in [5.41, 5.74) is 0.903. The lowest BCUT2D eigenvalue weighted by Crippen LogP contribution is -2.16. The van der Waals surface area contributed by atoms with Crippen LogP contribution in [0.1, 0.15) is 20.3 Å². The number of aromatic nitrogens is 1. The highest BCUT2D eigenvalue weighted by molar-refractivity contribution is 7.16. The van der Waals surface area contributed by atoms with Gasteiger partial charge < -0.3 is 9.30 Å². The molecule has 0 aliphatic heterocycles. The van der Waals surface area contributed by atoms with Gasteiger partial charge in [-0.25, -0.2) is 0 Å². The Bertz CT molecular complexity index is 734. The molecular formula is C15H16N2O2S. The molecule has 0 saturated carbocycles. The van der Waals surface area contributed by atoms with Crippen LogP contribution in [-0.2, 0) is 11.3 Å². The van der Waals surface area contributed by atoms with Crippen LogP contribution < -0.4 is 9.54 Å². The maximum Gasteiger partial charge on any atom is 0.248 e. The minimum Gasteiger partial charge on any atom is -0.492 e. The zero-order valence-electron chi connectivity index (χ0n) is 11.5. The second-order valence-corrected chi connectivity index (χ2v) is 5.08. The van der Waals surface area contributed by atoms with E-state index in [9.17, 15) is 4.79 Å². The van der Waals surface area contributed by atoms with E-state index in [2.05, 4.69) is 10.9 Å². The fraction of sp³-hybridized carbons (Fsp3) is 0.333. The van der Waals surface area contributed by atoms with Crippen molar-refractivity contribution in [3.05, 3.63) is 23.0 Å². The molecule has 0 aliphatic rings. The number of rotatable bonds is 4. The van der Waals surface area contributed by atoms with Gasteiger partial charge in [-0.1, -0.05) is 30.2 Å². The number of hydrogen-bond acceptors (Lipinski definition) is 3. The first kappa shape index (κ1) is 14.4. The Morgan fingerprint density at radius 1 is 1.50 bits per heavy atom. The normalized spacial score (nSPS) is 11.6. The molecule has 0 saturated heterocycles. The van der Waals surface area contributed by atoms with Gasteiger partial charge in [0.25, 0.3) is 0 Å². The van der Waals surface area contributed by atoms with Crippen LogP contribution in [0.5, 0.6) is 5.75 Å². The second-order valence-electron chi connectivity index (χ2n) is 4.07. The molecular weight excluding hydrogens is 272 g/mol. The van der Waals surface area contributed by atoms with Gasteiger partial charge in [-0.05, 0) is 19.1 Å². The van der Waals surface area contributed by atoms with E-state index < -0.39 is 0 Å². The van der Waals surface area contributed by atoms with E-state index in [0.29, 0.717) is 24.4 Å². The fourth-order valence-electron chi connectivity index (χ4n) is 1.88. The maximum absolute atomic E-state index is 11.6. The molecule has 0 atom stereocenters. The largest absolute Gasteiger partial charge is 0.492 e. The molecule has 2 rings (SSSR count). The average Bonchev–Trinajstić information content (AvgIpc) is 2.78. The number of benzene rings is 1. The number of carbonyl (C=O) groups is 1. The van der Waals surface area contributed by atoms with Crippen LogP contribution in [0, 0.1) is 12.3 Å². The van der Waals surface area contributed by atoms with Crippen LogP contribution in [-0.4, -0.2) is 17.1 Å². The summed E-state index contributed by atoms with van der Waals surface area (Å²) in [6.07, 6.45) is 5.81. The van der Waals surface area contributed by atoms with Crippen molar-refractivity contribution in [2.24, 2.45) is 4.99 Å². The van der Waals surface area contributed by atoms with Crippen LogP contribution in [0.4, 0.5) is 0 Å². The molecule has 1 heterocycles. The van der Waals surface area contributed by atoms with Gasteiger partial charge in [0.05, 0.1) is 17.9 Å². The van der Waals surface area contributed by atoms with Crippen LogP contribution in [0.3, 0.4) is 0 Å². The van der Waals surface area contributed by atoms with Gasteiger partial charge >= 0.3 is 0 Å². The van der Waals surface area contributed by atoms with E-state index in [1.807, 2.05) is 29.7 Å². The monoisotopic (exact) mass is 288 g/mol. The van der Waals surface area contributed by atoms with E-state index in [1.165, 1.54) is 11.3 Å². The number of amides is 1. The molecule has 0 aliphatic carbocycles. The van der Waals surface area contributed by atoms with Crippen LogP contribution in [0.15, 0.2) is 23.2 Å². The first-order valence-corrected chi connectivity index (χ1v) is 7.29. The highest BCUT2D eigenvalue weighted by atomic mass is 32.1. The van der Waals surface area contributed by atoms with Crippen molar-refractivity contribution < 1.29 is 9.53 Å². The van der Waals surface area contributed by atoms with Gasteiger partial charge in [-0.2, -0.15) is 4.99 Å². The Kier molecular flexibility index (Phi) is 4.59. The highest BCUT2D eigenvalue weighted by Crippen LogP contribution is 2.27. The average molecular weight is 288 g/mol. The summed E-state index contributed by atoms with van der Waals surface area (Å²) >= 11 is 1.45. The van der Waals surface area contributed by atoms with E-state index in [1.54, 1.807) is 6.92 Å². The predicted octanol–water partition coefficient (Wildman–Crippen LogP) is 2.57. The standard InChI is InChI=1S/C15H16N2O2S/c1-4-10-17-14-11(19-6-3)8-7-9-12(14)20-15(17)16-13(18)5-2/h1,7-9H,5-6,10H2,2-3H3. The molecule has 1 amide bonds. The van der Waals surface area contributed by atoms with Crippen molar-refractivity contribution in [1.82, 2.24) is 4.57 Å². The number of terminal acetylenes is 1. The Morgan fingerprint density at radius 2 is 2.30 bits per heavy atom. The SMILES string of the molecule is C#CCn1c(=NC(=O)CC)sc2cccc(OCC)c21. The minimum absolute atomic E-state index is 0.153. The molecule has 2 aromatic rings. The third-order valence-electron chi connectivity index (χ3n) is 2.74. The van der Waals surface area contributed by atoms with Gasteiger partial charge in [-0.15, -0.1) is 6.42 Å². The van der Waals surface area contributed by atoms with Crippen LogP contribution >= 0.6 is 11.3 Å². The number of fused-ring (bicyclic) bond motifs is 1. The predicted molar refractivity (Wildman–Crippen MR) is 80.7 cm³/mol. The van der Waals surface area contributed by atoms with Crippen molar-refractivity contribution >= 4 is 27.5 Å². The van der Waals surface area contributed by atoms with Gasteiger partial charge in [-0.3, -0.25) is 4.79 Å². The summed E-state index contributed by atoms with van der Waals surface area (Å²) in [7, 11) is 0. The molecule has 0 bridgehead atoms. The quantitative estimate of drug-likeness (QED) is 0.812. The molecule has 1 aromatic carbocycles. The number of carbonyl (C=O) groups excluding carboxylic acids is 1. The number of hydrogen-bond donors (Lipinski definition) is 0. The molecule has 4 nitrogen and oxygen atoms in total. The summed E-state index contributed by atoms with van der Waals surface area (Å²) in [5, 5.41) is 0. The first-order chi connectivity index (χ1) is 9.71. The molecule has 0 spiro atoms. The van der Waals surface area contributed by atoms with E-state index in [4.69, 9.17) is 11.2 Å². The summed E-state index contributed by atoms with van der Waals surface area (Å²) in [4.78, 5) is 16.3. The fourth-order valence-corrected chi connectivity index (χ4v) is 2.94. The number of nitrogens with zero attached hydrogens (tertiary/aromatic N) is 2. The van der Waals surface area contributed by atoms with Gasteiger partial charge in [0, 0.05) is 6.42 Å². The molecule has 0 N–H and O–H groups in total. The van der Waals surface area contributed by atoms with Gasteiger partial charge in [0.15, 0.2) is 4.80 Å². The zero-order chi connectivity index (χ0) is 14.5. The summed E-state index contributed by atoms with van der Waals surface area (Å²) in [5.74, 6) is 3.22. The van der Waals surface area contributed by atoms with Crippen molar-refractivity contribution in [3.63, 3.8) is 0 Å². The summed E-state index contributed by atoms with van der Waals surface area (Å²) in [6, 6.07) is 5.80. The lowest BCUT2D eigenvalue weighted by atomic mass is 10.3. The molecule has 104 valence electrons. The van der Waals surface area contributed by atoms with Crippen molar-refractivity contribution in [2.45, 2.75) is 26.8 Å². The van der Waals surface area contributed by atoms with E-state index >= 15 is 0 Å². The topological polar surface area (TPSA) is 43.6 Å². The lowest BCUT2D eigenvalue weighted by Gasteiger charge is -2.07. The highest BCUT2D eigenvalue weighted by Gasteiger charge is 2.11. The van der Waals surface area contributed by atoms with E-state index in [0.717, 1.165) is 16.0 Å². The van der Waals surface area contributed by atoms with E-state index in [-0.39, 0.29) is 5.91 Å². The third kappa shape index (κ3) is 2.75. The Hall–Kier alpha value is -2.06. The maximum atomic E-state index is 11.6. The van der Waals surface area contributed by atoms with Crippen LogP contribution in [0.2, 0.25) is 0 Å². The molecule has 1 aromatic heterocycles. The van der Waals surface area contributed by atoms with Crippen molar-refractivity contribution in [1.29, 1.82) is 0 Å². The van der Waals surface area contributed by atoms with Crippen molar-refractivity contribution in [3.8, 4) is 18.1 Å². The molecule has 0 radical (unpaired) electrons. The summed E-state index contributed by atoms with van der Waals surface area (Å²) in [6.45, 7) is 4.66. The van der Waals surface area contributed by atoms with Crippen LogP contribution in [0.25, 0.3) is 10.2 Å². The molecule has 0 fully saturated rings. The van der Waals surface area contributed by atoms with Gasteiger partial charge in [0.1, 0.15) is 11.3 Å². The second kappa shape index (κ2) is 6.40. The Labute approximate surface area is 121 Å². The summed E-state index contributed by atoms with van der Waals surface area (Å²) < 4.78 is 8.51. The Balaban J connectivity index is 2.75. The van der Waals surface area contributed by atoms with Crippen molar-refractivity contribution in [2.75, 3.05) is 6.61 Å². The number of thiazole rings is 1. The third-order valence-corrected chi connectivity index (χ3v) is 3.78. The van der Waals surface area contributed by atoms with Gasteiger partial charge in [0.2, 0.25) is 5.91 Å². The molecule has 20 heavy (non-hydrogen) atoms. The lowest BCUT2D eigenvalue weighted by molar-refractivity contribution is -0.117.